The van der Waals surface area contributed by atoms with Crippen molar-refractivity contribution in [2.45, 2.75) is 129 Å². The molecule has 44 heavy (non-hydrogen) atoms. The Hall–Kier alpha value is -2.07. The van der Waals surface area contributed by atoms with Gasteiger partial charge in [0.05, 0.1) is 24.9 Å². The van der Waals surface area contributed by atoms with Gasteiger partial charge in [0.2, 0.25) is 0 Å². The van der Waals surface area contributed by atoms with Gasteiger partial charge < -0.3 is 34.3 Å². The highest BCUT2D eigenvalue weighted by molar-refractivity contribution is 5.78. The average Bonchev–Trinajstić information content (AvgIpc) is 3.27. The van der Waals surface area contributed by atoms with Crippen LogP contribution in [0.2, 0.25) is 0 Å². The zero-order chi connectivity index (χ0) is 32.0. The second kappa shape index (κ2) is 13.0. The van der Waals surface area contributed by atoms with Gasteiger partial charge in [0.25, 0.3) is 0 Å². The number of fused-ring (bicyclic) bond motifs is 2. The van der Waals surface area contributed by atoms with Crippen LogP contribution >= 0.6 is 0 Å². The summed E-state index contributed by atoms with van der Waals surface area (Å²) in [6.07, 6.45) is 10.4. The number of aliphatic hydroxyl groups is 3. The lowest BCUT2D eigenvalue weighted by atomic mass is 9.71. The molecular weight excluding hydrogens is 560 g/mol. The fraction of sp³-hybridized carbons (Fsp3) is 0.694. The Bertz CT molecular complexity index is 1240. The summed E-state index contributed by atoms with van der Waals surface area (Å²) in [5, 5.41) is 34.3. The molecule has 1 aliphatic carbocycles. The standard InChI is InChI=1S/C36H52O8/c1-20(2)13-24(6)32-25(7)30(37)18-35(44-32)17-28-16-27(43-35)12-11-22(4)14-21(3)9-8-10-26-19-41-33-31(38)23(5)15-29(34(39)42-28)36(26,33)40/h8-11,13,15,20-21,25,27-33,37-38,40H,12,14,16-19H2,1-7H3/b9-8+,22-11+,24-13+,26-10+/t21-,25-,27+,28-,29-,30-,31+,32+,33+,35-,36+/m0/s1. The first-order chi connectivity index (χ1) is 20.7. The maximum atomic E-state index is 14.0. The van der Waals surface area contributed by atoms with Crippen LogP contribution in [0.3, 0.4) is 0 Å². The van der Waals surface area contributed by atoms with Gasteiger partial charge in [-0.2, -0.15) is 0 Å². The highest BCUT2D eigenvalue weighted by Gasteiger charge is 2.60. The topological polar surface area (TPSA) is 115 Å². The largest absolute Gasteiger partial charge is 0.462 e. The second-order valence-corrected chi connectivity index (χ2v) is 14.4. The van der Waals surface area contributed by atoms with E-state index >= 15 is 0 Å². The van der Waals surface area contributed by atoms with Gasteiger partial charge in [-0.3, -0.25) is 4.79 Å². The summed E-state index contributed by atoms with van der Waals surface area (Å²) >= 11 is 0. The average molecular weight is 613 g/mol. The minimum Gasteiger partial charge on any atom is -0.462 e. The van der Waals surface area contributed by atoms with Crippen LogP contribution < -0.4 is 0 Å². The first-order valence-corrected chi connectivity index (χ1v) is 16.4. The third-order valence-electron chi connectivity index (χ3n) is 10.1. The van der Waals surface area contributed by atoms with Crippen LogP contribution in [0.4, 0.5) is 0 Å². The van der Waals surface area contributed by atoms with Crippen molar-refractivity contribution in [3.63, 3.8) is 0 Å². The van der Waals surface area contributed by atoms with E-state index in [9.17, 15) is 20.1 Å². The van der Waals surface area contributed by atoms with Gasteiger partial charge in [0.1, 0.15) is 29.8 Å². The third-order valence-corrected chi connectivity index (χ3v) is 10.1. The molecule has 2 bridgehead atoms. The predicted molar refractivity (Wildman–Crippen MR) is 167 cm³/mol. The van der Waals surface area contributed by atoms with Crippen molar-refractivity contribution in [2.24, 2.45) is 23.7 Å². The number of carbonyl (C=O) groups is 1. The second-order valence-electron chi connectivity index (χ2n) is 14.4. The van der Waals surface area contributed by atoms with Crippen LogP contribution in [-0.2, 0) is 23.7 Å². The van der Waals surface area contributed by atoms with Gasteiger partial charge >= 0.3 is 5.97 Å². The first kappa shape index (κ1) is 33.3. The quantitative estimate of drug-likeness (QED) is 0.292. The minimum absolute atomic E-state index is 0.109. The van der Waals surface area contributed by atoms with Crippen molar-refractivity contribution in [2.75, 3.05) is 6.61 Å². The van der Waals surface area contributed by atoms with E-state index in [4.69, 9.17) is 18.9 Å². The van der Waals surface area contributed by atoms with Crippen molar-refractivity contribution >= 4 is 5.97 Å². The molecular formula is C36H52O8. The fourth-order valence-corrected chi connectivity index (χ4v) is 7.85. The molecule has 5 aliphatic rings. The summed E-state index contributed by atoms with van der Waals surface area (Å²) in [5.74, 6) is -2.31. The summed E-state index contributed by atoms with van der Waals surface area (Å²) in [4.78, 5) is 14.0. The number of allylic oxidation sites excluding steroid dienone is 5. The lowest BCUT2D eigenvalue weighted by Gasteiger charge is -2.51. The molecule has 0 amide bonds. The van der Waals surface area contributed by atoms with E-state index in [1.54, 1.807) is 13.0 Å². The number of aliphatic hydroxyl groups excluding tert-OH is 2. The van der Waals surface area contributed by atoms with Gasteiger partial charge in [0, 0.05) is 25.2 Å². The summed E-state index contributed by atoms with van der Waals surface area (Å²) in [5.41, 5.74) is 1.64. The number of esters is 1. The van der Waals surface area contributed by atoms with Gasteiger partial charge in [0.15, 0.2) is 5.79 Å². The van der Waals surface area contributed by atoms with E-state index in [0.717, 1.165) is 12.0 Å². The van der Waals surface area contributed by atoms with Crippen LogP contribution in [0.25, 0.3) is 0 Å². The highest BCUT2D eigenvalue weighted by atomic mass is 16.7. The van der Waals surface area contributed by atoms with E-state index in [-0.39, 0.29) is 43.5 Å². The van der Waals surface area contributed by atoms with Crippen LogP contribution in [0.15, 0.2) is 58.7 Å². The summed E-state index contributed by atoms with van der Waals surface area (Å²) in [6.45, 7) is 14.4. The number of hydrogen-bond donors (Lipinski definition) is 3. The molecule has 4 aliphatic heterocycles. The predicted octanol–water partition coefficient (Wildman–Crippen LogP) is 5.09. The maximum absolute atomic E-state index is 14.0. The number of carbonyl (C=O) groups excluding carboxylic acids is 1. The van der Waals surface area contributed by atoms with E-state index in [2.05, 4.69) is 45.9 Å². The smallest absolute Gasteiger partial charge is 0.316 e. The van der Waals surface area contributed by atoms with Crippen LogP contribution in [0.5, 0.6) is 0 Å². The van der Waals surface area contributed by atoms with Crippen LogP contribution in [0.1, 0.15) is 80.6 Å². The molecule has 244 valence electrons. The molecule has 0 aromatic carbocycles. The Morgan fingerprint density at radius 3 is 2.59 bits per heavy atom. The summed E-state index contributed by atoms with van der Waals surface area (Å²) in [7, 11) is 0. The van der Waals surface area contributed by atoms with E-state index in [1.165, 1.54) is 5.57 Å². The number of rotatable bonds is 2. The Kier molecular flexibility index (Phi) is 9.82. The molecule has 3 N–H and O–H groups in total. The molecule has 0 aromatic rings. The van der Waals surface area contributed by atoms with Crippen molar-refractivity contribution in [3.05, 3.63) is 58.7 Å². The van der Waals surface area contributed by atoms with Crippen molar-refractivity contribution < 1.29 is 39.1 Å². The maximum Gasteiger partial charge on any atom is 0.316 e. The lowest BCUT2D eigenvalue weighted by molar-refractivity contribution is -0.342. The molecule has 1 spiro atoms. The van der Waals surface area contributed by atoms with Gasteiger partial charge in [-0.25, -0.2) is 0 Å². The molecule has 4 heterocycles. The van der Waals surface area contributed by atoms with Gasteiger partial charge in [-0.1, -0.05) is 69.7 Å². The highest BCUT2D eigenvalue weighted by Crippen LogP contribution is 2.47. The molecule has 0 saturated carbocycles. The van der Waals surface area contributed by atoms with Gasteiger partial charge in [-0.15, -0.1) is 0 Å². The van der Waals surface area contributed by atoms with E-state index in [0.29, 0.717) is 29.9 Å². The molecule has 0 unspecified atom stereocenters. The zero-order valence-electron chi connectivity index (χ0n) is 27.4. The van der Waals surface area contributed by atoms with E-state index < -0.39 is 47.7 Å². The van der Waals surface area contributed by atoms with Crippen LogP contribution in [-0.4, -0.2) is 75.9 Å². The molecule has 0 aromatic heterocycles. The number of hydrogen-bond acceptors (Lipinski definition) is 8. The molecule has 8 heteroatoms. The Morgan fingerprint density at radius 2 is 1.86 bits per heavy atom. The molecule has 0 radical (unpaired) electrons. The Labute approximate surface area is 262 Å². The summed E-state index contributed by atoms with van der Waals surface area (Å²) in [6, 6.07) is 0. The Balaban J connectivity index is 1.52. The van der Waals surface area contributed by atoms with Crippen molar-refractivity contribution in [1.82, 2.24) is 0 Å². The fourth-order valence-electron chi connectivity index (χ4n) is 7.85. The van der Waals surface area contributed by atoms with Gasteiger partial charge in [-0.05, 0) is 62.2 Å². The normalized spacial score (nSPS) is 46.8. The lowest BCUT2D eigenvalue weighted by Crippen LogP contribution is -2.59. The monoisotopic (exact) mass is 612 g/mol. The molecule has 5 rings (SSSR count). The molecule has 3 saturated heterocycles. The summed E-state index contributed by atoms with van der Waals surface area (Å²) < 4.78 is 25.7. The van der Waals surface area contributed by atoms with Crippen molar-refractivity contribution in [3.8, 4) is 0 Å². The minimum atomic E-state index is -1.74. The van der Waals surface area contributed by atoms with Crippen LogP contribution in [0, 0.1) is 23.7 Å². The Morgan fingerprint density at radius 1 is 1.11 bits per heavy atom. The third kappa shape index (κ3) is 6.58. The van der Waals surface area contributed by atoms with E-state index in [1.807, 2.05) is 26.0 Å². The zero-order valence-corrected chi connectivity index (χ0v) is 27.4. The number of ether oxygens (including phenoxy) is 4. The molecule has 3 fully saturated rings. The molecule has 8 nitrogen and oxygen atoms in total. The SMILES string of the molecule is CC1=C[C@H]2C(=O)O[C@H]3C[C@@H](C/C=C(\C)C[C@@H](C)/C=C/C=C4\CO[C@H]([C@@H]1O)[C@@]42O)O[C@]1(C3)C[C@H](O)[C@H](C)[C@@H](/C(C)=C/C(C)C)O1. The molecule has 11 atom stereocenters. The van der Waals surface area contributed by atoms with Crippen molar-refractivity contribution in [1.29, 1.82) is 0 Å². The first-order valence-electron chi connectivity index (χ1n) is 16.4.